The van der Waals surface area contributed by atoms with Crippen LogP contribution >= 0.6 is 11.3 Å². The van der Waals surface area contributed by atoms with Crippen LogP contribution < -0.4 is 11.2 Å². The molecule has 2 aromatic heterocycles. The van der Waals surface area contributed by atoms with Gasteiger partial charge in [0.15, 0.2) is 0 Å². The monoisotopic (exact) mass is 295 g/mol. The summed E-state index contributed by atoms with van der Waals surface area (Å²) < 4.78 is 1.21. The first-order chi connectivity index (χ1) is 9.54. The third-order valence-corrected chi connectivity index (χ3v) is 4.10. The molecule has 7 heteroatoms. The van der Waals surface area contributed by atoms with Gasteiger partial charge in [-0.25, -0.2) is 9.78 Å². The van der Waals surface area contributed by atoms with E-state index < -0.39 is 11.2 Å². The first kappa shape index (κ1) is 14.5. The van der Waals surface area contributed by atoms with Crippen molar-refractivity contribution in [2.45, 2.75) is 39.2 Å². The molecule has 0 aliphatic heterocycles. The molecule has 0 aliphatic rings. The number of aromatic hydroxyl groups is 1. The summed E-state index contributed by atoms with van der Waals surface area (Å²) in [6.45, 7) is 4.12. The molecule has 0 saturated carbocycles. The minimum atomic E-state index is -0.587. The highest BCUT2D eigenvalue weighted by Gasteiger charge is 2.17. The van der Waals surface area contributed by atoms with E-state index in [4.69, 9.17) is 0 Å². The fourth-order valence-corrected chi connectivity index (χ4v) is 2.76. The lowest BCUT2D eigenvalue weighted by atomic mass is 10.1. The molecule has 6 nitrogen and oxygen atoms in total. The molecule has 2 rings (SSSR count). The van der Waals surface area contributed by atoms with E-state index in [-0.39, 0.29) is 23.9 Å². The molecular formula is C13H17N3O3S. The Morgan fingerprint density at radius 1 is 1.50 bits per heavy atom. The highest BCUT2D eigenvalue weighted by Crippen LogP contribution is 2.21. The van der Waals surface area contributed by atoms with Gasteiger partial charge in [-0.15, -0.1) is 11.3 Å². The molecule has 0 fully saturated rings. The van der Waals surface area contributed by atoms with Crippen molar-refractivity contribution in [3.8, 4) is 5.88 Å². The predicted molar refractivity (Wildman–Crippen MR) is 77.5 cm³/mol. The number of hydrogen-bond donors (Lipinski definition) is 2. The van der Waals surface area contributed by atoms with Crippen molar-refractivity contribution in [3.63, 3.8) is 0 Å². The van der Waals surface area contributed by atoms with Crippen LogP contribution in [0.25, 0.3) is 0 Å². The summed E-state index contributed by atoms with van der Waals surface area (Å²) in [6.07, 6.45) is 2.86. The lowest BCUT2D eigenvalue weighted by Crippen LogP contribution is -2.33. The van der Waals surface area contributed by atoms with Crippen molar-refractivity contribution >= 4 is 11.3 Å². The van der Waals surface area contributed by atoms with E-state index in [1.807, 2.05) is 19.2 Å². The predicted octanol–water partition coefficient (Wildman–Crippen LogP) is 1.45. The summed E-state index contributed by atoms with van der Waals surface area (Å²) in [5.74, 6) is -0.247. The van der Waals surface area contributed by atoms with Gasteiger partial charge in [0.1, 0.15) is 0 Å². The number of thiazole rings is 1. The molecular weight excluding hydrogens is 278 g/mol. The van der Waals surface area contributed by atoms with Crippen LogP contribution in [0, 0.1) is 0 Å². The van der Waals surface area contributed by atoms with Gasteiger partial charge in [-0.1, -0.05) is 20.3 Å². The van der Waals surface area contributed by atoms with E-state index in [2.05, 4.69) is 9.97 Å². The fraction of sp³-hybridized carbons (Fsp3) is 0.462. The highest BCUT2D eigenvalue weighted by atomic mass is 32.1. The second-order valence-corrected chi connectivity index (χ2v) is 5.62. The maximum atomic E-state index is 11.9. The van der Waals surface area contributed by atoms with Gasteiger partial charge < -0.3 is 5.11 Å². The molecule has 0 amide bonds. The second-order valence-electron chi connectivity index (χ2n) is 4.69. The largest absolute Gasteiger partial charge is 0.494 e. The van der Waals surface area contributed by atoms with Crippen molar-refractivity contribution in [1.29, 1.82) is 0 Å². The van der Waals surface area contributed by atoms with E-state index in [1.54, 1.807) is 6.20 Å². The lowest BCUT2D eigenvalue weighted by molar-refractivity contribution is 0.382. The molecule has 0 saturated heterocycles. The minimum absolute atomic E-state index is 0.0148. The number of nitrogens with zero attached hydrogens (tertiary/aromatic N) is 2. The van der Waals surface area contributed by atoms with Crippen LogP contribution in [-0.2, 0) is 13.0 Å². The summed E-state index contributed by atoms with van der Waals surface area (Å²) in [7, 11) is 0. The molecule has 108 valence electrons. The van der Waals surface area contributed by atoms with Gasteiger partial charge in [-0.2, -0.15) is 0 Å². The van der Waals surface area contributed by atoms with Crippen molar-refractivity contribution in [2.24, 2.45) is 0 Å². The van der Waals surface area contributed by atoms with Crippen LogP contribution in [0.15, 0.2) is 21.2 Å². The van der Waals surface area contributed by atoms with Gasteiger partial charge in [-0.3, -0.25) is 14.3 Å². The van der Waals surface area contributed by atoms with Gasteiger partial charge in [-0.05, 0) is 6.42 Å². The smallest absolute Gasteiger partial charge is 0.331 e. The summed E-state index contributed by atoms with van der Waals surface area (Å²) in [6, 6.07) is 0. The number of aromatic nitrogens is 3. The zero-order chi connectivity index (χ0) is 14.7. The fourth-order valence-electron chi connectivity index (χ4n) is 2.08. The van der Waals surface area contributed by atoms with Crippen LogP contribution in [0.1, 0.15) is 36.8 Å². The minimum Gasteiger partial charge on any atom is -0.494 e. The van der Waals surface area contributed by atoms with E-state index in [0.29, 0.717) is 6.42 Å². The number of H-pyrrole nitrogens is 1. The Morgan fingerprint density at radius 2 is 2.25 bits per heavy atom. The summed E-state index contributed by atoms with van der Waals surface area (Å²) >= 11 is 1.50. The van der Waals surface area contributed by atoms with Crippen molar-refractivity contribution < 1.29 is 5.11 Å². The molecule has 2 heterocycles. The van der Waals surface area contributed by atoms with Crippen LogP contribution in [0.5, 0.6) is 5.88 Å². The van der Waals surface area contributed by atoms with E-state index in [0.717, 1.165) is 11.4 Å². The van der Waals surface area contributed by atoms with Gasteiger partial charge in [0.2, 0.25) is 5.88 Å². The van der Waals surface area contributed by atoms with Crippen molar-refractivity contribution in [1.82, 2.24) is 14.5 Å². The SMILES string of the molecule is CCCc1c(O)n(CC(C)c2nccs2)c(=O)[nH]c1=O. The van der Waals surface area contributed by atoms with Gasteiger partial charge >= 0.3 is 5.69 Å². The first-order valence-corrected chi connectivity index (χ1v) is 7.36. The van der Waals surface area contributed by atoms with Crippen LogP contribution in [0.3, 0.4) is 0 Å². The molecule has 2 aromatic rings. The molecule has 2 N–H and O–H groups in total. The van der Waals surface area contributed by atoms with E-state index in [9.17, 15) is 14.7 Å². The Labute approximate surface area is 119 Å². The highest BCUT2D eigenvalue weighted by molar-refractivity contribution is 7.09. The summed E-state index contributed by atoms with van der Waals surface area (Å²) in [4.78, 5) is 30.0. The Hall–Kier alpha value is -1.89. The Balaban J connectivity index is 2.39. The van der Waals surface area contributed by atoms with E-state index in [1.165, 1.54) is 15.9 Å². The average Bonchev–Trinajstić information content (AvgIpc) is 2.93. The number of aromatic amines is 1. The van der Waals surface area contributed by atoms with Crippen molar-refractivity contribution in [3.05, 3.63) is 43.0 Å². The topological polar surface area (TPSA) is 88.0 Å². The normalized spacial score (nSPS) is 12.5. The number of hydrogen-bond acceptors (Lipinski definition) is 5. The molecule has 0 aliphatic carbocycles. The van der Waals surface area contributed by atoms with Crippen molar-refractivity contribution in [2.75, 3.05) is 0 Å². The zero-order valence-electron chi connectivity index (χ0n) is 11.4. The van der Waals surface area contributed by atoms with Gasteiger partial charge in [0.05, 0.1) is 10.6 Å². The Kier molecular flexibility index (Phi) is 4.39. The molecule has 1 atom stereocenters. The van der Waals surface area contributed by atoms with Gasteiger partial charge in [0.25, 0.3) is 5.56 Å². The third-order valence-electron chi connectivity index (χ3n) is 3.09. The summed E-state index contributed by atoms with van der Waals surface area (Å²) in [5, 5.41) is 12.9. The zero-order valence-corrected chi connectivity index (χ0v) is 12.2. The summed E-state index contributed by atoms with van der Waals surface area (Å²) in [5.41, 5.74) is -0.832. The molecule has 0 aromatic carbocycles. The average molecular weight is 295 g/mol. The molecule has 20 heavy (non-hydrogen) atoms. The lowest BCUT2D eigenvalue weighted by Gasteiger charge is -2.14. The van der Waals surface area contributed by atoms with E-state index >= 15 is 0 Å². The molecule has 0 bridgehead atoms. The van der Waals surface area contributed by atoms with Gasteiger partial charge in [0, 0.05) is 24.0 Å². The third kappa shape index (κ3) is 2.82. The standard InChI is InChI=1S/C13H17N3O3S/c1-3-4-9-10(17)15-13(19)16(12(9)18)7-8(2)11-14-5-6-20-11/h5-6,8,18H,3-4,7H2,1-2H3,(H,15,17,19). The number of rotatable bonds is 5. The Bertz CT molecular complexity index is 688. The van der Waals surface area contributed by atoms with Crippen LogP contribution in [-0.4, -0.2) is 19.6 Å². The quantitative estimate of drug-likeness (QED) is 0.874. The van der Waals surface area contributed by atoms with Crippen LogP contribution in [0.4, 0.5) is 0 Å². The molecule has 1 unspecified atom stereocenters. The Morgan fingerprint density at radius 3 is 2.85 bits per heavy atom. The van der Waals surface area contributed by atoms with Crippen LogP contribution in [0.2, 0.25) is 0 Å². The molecule has 0 spiro atoms. The maximum Gasteiger partial charge on any atom is 0.331 e. The first-order valence-electron chi connectivity index (χ1n) is 6.49. The number of nitrogens with one attached hydrogen (secondary N) is 1. The second kappa shape index (κ2) is 6.04. The maximum absolute atomic E-state index is 11.9. The molecule has 0 radical (unpaired) electrons.